The van der Waals surface area contributed by atoms with Gasteiger partial charge in [0.05, 0.1) is 16.8 Å². The molecule has 3 aliphatic carbocycles. The molecule has 3 saturated carbocycles. The maximum absolute atomic E-state index is 13.3. The Morgan fingerprint density at radius 1 is 1.07 bits per heavy atom. The number of rotatable bonds is 4. The zero-order valence-electron chi connectivity index (χ0n) is 15.3. The fraction of sp³-hybridized carbons (Fsp3) is 0.304. The van der Waals surface area contributed by atoms with Crippen molar-refractivity contribution in [2.24, 2.45) is 5.41 Å². The van der Waals surface area contributed by atoms with E-state index in [0.29, 0.717) is 5.56 Å². The molecular weight excluding hydrogens is 336 g/mol. The first-order valence-corrected chi connectivity index (χ1v) is 9.43. The van der Waals surface area contributed by atoms with Crippen molar-refractivity contribution < 1.29 is 9.90 Å². The largest absolute Gasteiger partial charge is 0.396 e. The van der Waals surface area contributed by atoms with Gasteiger partial charge in [0.2, 0.25) is 0 Å². The number of nitrogens with zero attached hydrogens (tertiary/aromatic N) is 1. The Kier molecular flexibility index (Phi) is 3.43. The van der Waals surface area contributed by atoms with E-state index >= 15 is 0 Å². The summed E-state index contributed by atoms with van der Waals surface area (Å²) in [5, 5.41) is 13.6. The number of carbonyl (C=O) groups excluding carboxylic acids is 1. The number of pyridine rings is 1. The van der Waals surface area contributed by atoms with Gasteiger partial charge in [-0.05, 0) is 37.8 Å². The minimum atomic E-state index is -0.121. The Bertz CT molecular complexity index is 1040. The molecule has 4 nitrogen and oxygen atoms in total. The number of carbonyl (C=O) groups is 1. The summed E-state index contributed by atoms with van der Waals surface area (Å²) in [5.41, 5.74) is 4.25. The van der Waals surface area contributed by atoms with E-state index in [0.717, 1.165) is 47.0 Å². The topological polar surface area (TPSA) is 62.2 Å². The summed E-state index contributed by atoms with van der Waals surface area (Å²) in [5.74, 6) is -0.0329. The molecular formula is C23H22N2O2. The van der Waals surface area contributed by atoms with Gasteiger partial charge in [0.1, 0.15) is 0 Å². The molecule has 1 aromatic heterocycles. The number of aliphatic hydroxyl groups excluding tert-OH is 1. The number of hydrogen-bond acceptors (Lipinski definition) is 3. The van der Waals surface area contributed by atoms with Crippen LogP contribution in [0, 0.1) is 12.3 Å². The summed E-state index contributed by atoms with van der Waals surface area (Å²) in [7, 11) is 0. The van der Waals surface area contributed by atoms with Crippen molar-refractivity contribution in [1.29, 1.82) is 0 Å². The standard InChI is InChI=1S/C23H22N2O2/c1-15-19(21(27)25-23-11-22(12-23,13-23)14-26)17-9-5-6-10-18(17)24-20(15)16-7-3-2-4-8-16/h2-10,26H,11-14H2,1H3,(H,25,27). The van der Waals surface area contributed by atoms with Crippen LogP contribution in [0.4, 0.5) is 0 Å². The lowest BCUT2D eigenvalue weighted by Crippen LogP contribution is -2.75. The van der Waals surface area contributed by atoms with Gasteiger partial charge in [-0.25, -0.2) is 4.98 Å². The van der Waals surface area contributed by atoms with Crippen LogP contribution >= 0.6 is 0 Å². The van der Waals surface area contributed by atoms with Gasteiger partial charge in [-0.15, -0.1) is 0 Å². The molecule has 1 amide bonds. The second-order valence-corrected chi connectivity index (χ2v) is 8.27. The third-order valence-corrected chi connectivity index (χ3v) is 6.26. The quantitative estimate of drug-likeness (QED) is 0.744. The maximum atomic E-state index is 13.3. The number of aliphatic hydroxyl groups is 1. The molecule has 2 aromatic carbocycles. The predicted octanol–water partition coefficient (Wildman–Crippen LogP) is 3.86. The summed E-state index contributed by atoms with van der Waals surface area (Å²) in [6, 6.07) is 17.8. The first-order chi connectivity index (χ1) is 13.0. The van der Waals surface area contributed by atoms with Crippen molar-refractivity contribution in [3.63, 3.8) is 0 Å². The number of nitrogens with one attached hydrogen (secondary N) is 1. The van der Waals surface area contributed by atoms with Crippen molar-refractivity contribution in [2.45, 2.75) is 31.7 Å². The second kappa shape index (κ2) is 5.64. The lowest BCUT2D eigenvalue weighted by Gasteiger charge is -2.70. The van der Waals surface area contributed by atoms with Crippen LogP contribution in [0.5, 0.6) is 0 Å². The molecule has 2 bridgehead atoms. The fourth-order valence-electron chi connectivity index (χ4n) is 5.08. The molecule has 3 aliphatic rings. The molecule has 0 atom stereocenters. The molecule has 27 heavy (non-hydrogen) atoms. The van der Waals surface area contributed by atoms with E-state index in [1.54, 1.807) is 0 Å². The van der Waals surface area contributed by atoms with Crippen molar-refractivity contribution in [3.05, 3.63) is 65.7 Å². The average molecular weight is 358 g/mol. The van der Waals surface area contributed by atoms with Crippen LogP contribution in [0.25, 0.3) is 22.2 Å². The van der Waals surface area contributed by atoms with E-state index < -0.39 is 0 Å². The zero-order valence-corrected chi connectivity index (χ0v) is 15.3. The van der Waals surface area contributed by atoms with Crippen LogP contribution < -0.4 is 5.32 Å². The number of aromatic nitrogens is 1. The molecule has 0 radical (unpaired) electrons. The van der Waals surface area contributed by atoms with E-state index in [2.05, 4.69) is 5.32 Å². The summed E-state index contributed by atoms with van der Waals surface area (Å²) in [6.07, 6.45) is 2.65. The van der Waals surface area contributed by atoms with Crippen LogP contribution in [0.2, 0.25) is 0 Å². The number of para-hydroxylation sites is 1. The molecule has 1 heterocycles. The van der Waals surface area contributed by atoms with Crippen LogP contribution in [0.3, 0.4) is 0 Å². The van der Waals surface area contributed by atoms with Gasteiger partial charge < -0.3 is 10.4 Å². The minimum Gasteiger partial charge on any atom is -0.396 e. The molecule has 0 aliphatic heterocycles. The van der Waals surface area contributed by atoms with Gasteiger partial charge in [0.15, 0.2) is 0 Å². The normalized spacial score (nSPS) is 25.6. The smallest absolute Gasteiger partial charge is 0.252 e. The van der Waals surface area contributed by atoms with E-state index in [4.69, 9.17) is 4.98 Å². The number of benzene rings is 2. The summed E-state index contributed by atoms with van der Waals surface area (Å²) in [6.45, 7) is 2.20. The second-order valence-electron chi connectivity index (χ2n) is 8.27. The lowest BCUT2D eigenvalue weighted by molar-refractivity contribution is -0.172. The predicted molar refractivity (Wildman–Crippen MR) is 105 cm³/mol. The van der Waals surface area contributed by atoms with Crippen LogP contribution in [0.1, 0.15) is 35.2 Å². The van der Waals surface area contributed by atoms with Crippen molar-refractivity contribution >= 4 is 16.8 Å². The van der Waals surface area contributed by atoms with E-state index in [1.807, 2.05) is 61.5 Å². The number of amides is 1. The molecule has 136 valence electrons. The first kappa shape index (κ1) is 16.5. The molecule has 2 N–H and O–H groups in total. The summed E-state index contributed by atoms with van der Waals surface area (Å²) in [4.78, 5) is 18.1. The highest BCUT2D eigenvalue weighted by Gasteiger charge is 2.68. The molecule has 0 unspecified atom stereocenters. The van der Waals surface area contributed by atoms with Gasteiger partial charge in [-0.1, -0.05) is 48.5 Å². The molecule has 0 saturated heterocycles. The highest BCUT2D eigenvalue weighted by Crippen LogP contribution is 2.66. The van der Waals surface area contributed by atoms with Crippen LogP contribution in [-0.4, -0.2) is 28.1 Å². The molecule has 3 aromatic rings. The maximum Gasteiger partial charge on any atom is 0.252 e. The SMILES string of the molecule is Cc1c(-c2ccccc2)nc2ccccc2c1C(=O)NC12CC(CO)(C1)C2. The molecule has 4 heteroatoms. The highest BCUT2D eigenvalue weighted by molar-refractivity contribution is 6.09. The van der Waals surface area contributed by atoms with Crippen LogP contribution in [0.15, 0.2) is 54.6 Å². The Hall–Kier alpha value is -2.72. The van der Waals surface area contributed by atoms with Gasteiger partial charge in [0, 0.05) is 28.5 Å². The Balaban J connectivity index is 1.58. The third kappa shape index (κ3) is 2.40. The third-order valence-electron chi connectivity index (χ3n) is 6.26. The Morgan fingerprint density at radius 2 is 1.74 bits per heavy atom. The average Bonchev–Trinajstić information content (AvgIpc) is 2.63. The van der Waals surface area contributed by atoms with Crippen LogP contribution in [-0.2, 0) is 0 Å². The van der Waals surface area contributed by atoms with Crippen molar-refractivity contribution in [1.82, 2.24) is 10.3 Å². The highest BCUT2D eigenvalue weighted by atomic mass is 16.3. The monoisotopic (exact) mass is 358 g/mol. The minimum absolute atomic E-state index is 0.0329. The molecule has 3 fully saturated rings. The van der Waals surface area contributed by atoms with Gasteiger partial charge in [0.25, 0.3) is 5.91 Å². The lowest BCUT2D eigenvalue weighted by atomic mass is 9.39. The van der Waals surface area contributed by atoms with E-state index in [1.165, 1.54) is 0 Å². The van der Waals surface area contributed by atoms with E-state index in [-0.39, 0.29) is 23.5 Å². The van der Waals surface area contributed by atoms with Crippen molar-refractivity contribution in [2.75, 3.05) is 6.61 Å². The van der Waals surface area contributed by atoms with Gasteiger partial charge >= 0.3 is 0 Å². The number of hydrogen-bond donors (Lipinski definition) is 2. The van der Waals surface area contributed by atoms with Gasteiger partial charge in [-0.3, -0.25) is 4.79 Å². The Labute approximate surface area is 158 Å². The molecule has 6 rings (SSSR count). The summed E-state index contributed by atoms with van der Waals surface area (Å²) < 4.78 is 0. The first-order valence-electron chi connectivity index (χ1n) is 9.43. The van der Waals surface area contributed by atoms with Gasteiger partial charge in [-0.2, -0.15) is 0 Å². The van der Waals surface area contributed by atoms with E-state index in [9.17, 15) is 9.90 Å². The molecule has 0 spiro atoms. The van der Waals surface area contributed by atoms with Crippen molar-refractivity contribution in [3.8, 4) is 11.3 Å². The zero-order chi connectivity index (χ0) is 18.6. The summed E-state index contributed by atoms with van der Waals surface area (Å²) >= 11 is 0. The fourth-order valence-corrected chi connectivity index (χ4v) is 5.08. The Morgan fingerprint density at radius 3 is 2.44 bits per heavy atom. The number of fused-ring (bicyclic) bond motifs is 1.